The summed E-state index contributed by atoms with van der Waals surface area (Å²) in [6.07, 6.45) is 1.84. The van der Waals surface area contributed by atoms with Gasteiger partial charge in [-0.15, -0.1) is 0 Å². The highest BCUT2D eigenvalue weighted by Gasteiger charge is 2.15. The maximum absolute atomic E-state index is 11.7. The molecule has 0 radical (unpaired) electrons. The average Bonchev–Trinajstić information content (AvgIpc) is 3.01. The zero-order valence-corrected chi connectivity index (χ0v) is 14.0. The van der Waals surface area contributed by atoms with Crippen LogP contribution < -0.4 is 0 Å². The van der Waals surface area contributed by atoms with Gasteiger partial charge in [0.2, 0.25) is 0 Å². The van der Waals surface area contributed by atoms with Crippen LogP contribution in [0.5, 0.6) is 0 Å². The number of aromatic nitrogens is 3. The van der Waals surface area contributed by atoms with E-state index in [-0.39, 0.29) is 12.5 Å². The van der Waals surface area contributed by atoms with E-state index in [1.807, 2.05) is 62.5 Å². The zero-order valence-electron chi connectivity index (χ0n) is 14.0. The molecule has 2 heterocycles. The molecule has 2 aromatic heterocycles. The molecule has 0 bridgehead atoms. The summed E-state index contributed by atoms with van der Waals surface area (Å²) in [5.74, 6) is -0.338. The second kappa shape index (κ2) is 6.66. The Labute approximate surface area is 140 Å². The van der Waals surface area contributed by atoms with Crippen molar-refractivity contribution in [3.8, 4) is 22.6 Å². The topological polar surface area (TPSA) is 57.0 Å². The summed E-state index contributed by atoms with van der Waals surface area (Å²) in [6, 6.07) is 13.8. The molecule has 5 nitrogen and oxygen atoms in total. The number of benzene rings is 1. The summed E-state index contributed by atoms with van der Waals surface area (Å²) >= 11 is 0. The first-order valence-electron chi connectivity index (χ1n) is 7.72. The van der Waals surface area contributed by atoms with Crippen molar-refractivity contribution in [2.24, 2.45) is 0 Å². The number of esters is 1. The molecular weight excluding hydrogens is 302 g/mol. The first-order valence-corrected chi connectivity index (χ1v) is 7.72. The van der Waals surface area contributed by atoms with Gasteiger partial charge in [-0.25, -0.2) is 0 Å². The highest BCUT2D eigenvalue weighted by molar-refractivity contribution is 5.72. The van der Waals surface area contributed by atoms with E-state index in [9.17, 15) is 4.79 Å². The Morgan fingerprint density at radius 3 is 2.50 bits per heavy atom. The lowest BCUT2D eigenvalue weighted by atomic mass is 10.1. The van der Waals surface area contributed by atoms with Crippen LogP contribution in [-0.2, 0) is 16.1 Å². The molecule has 0 aliphatic heterocycles. The number of methoxy groups -OCH3 is 1. The molecule has 0 saturated carbocycles. The van der Waals surface area contributed by atoms with Crippen molar-refractivity contribution >= 4 is 5.97 Å². The van der Waals surface area contributed by atoms with E-state index in [0.717, 1.165) is 33.8 Å². The molecule has 24 heavy (non-hydrogen) atoms. The van der Waals surface area contributed by atoms with E-state index < -0.39 is 0 Å². The van der Waals surface area contributed by atoms with Crippen LogP contribution in [0.1, 0.15) is 11.1 Å². The van der Waals surface area contributed by atoms with Gasteiger partial charge in [-0.1, -0.05) is 30.3 Å². The van der Waals surface area contributed by atoms with Gasteiger partial charge in [-0.2, -0.15) is 5.10 Å². The number of pyridine rings is 1. The normalized spacial score (nSPS) is 10.6. The van der Waals surface area contributed by atoms with E-state index in [0.29, 0.717) is 0 Å². The lowest BCUT2D eigenvalue weighted by molar-refractivity contribution is -0.141. The third-order valence-corrected chi connectivity index (χ3v) is 3.99. The van der Waals surface area contributed by atoms with Gasteiger partial charge < -0.3 is 4.74 Å². The van der Waals surface area contributed by atoms with Gasteiger partial charge in [0.05, 0.1) is 18.5 Å². The zero-order chi connectivity index (χ0) is 17.1. The first-order chi connectivity index (χ1) is 11.6. The van der Waals surface area contributed by atoms with Crippen molar-refractivity contribution in [1.29, 1.82) is 0 Å². The quantitative estimate of drug-likeness (QED) is 0.691. The van der Waals surface area contributed by atoms with Crippen molar-refractivity contribution < 1.29 is 9.53 Å². The van der Waals surface area contributed by atoms with Crippen LogP contribution in [0.25, 0.3) is 22.6 Å². The van der Waals surface area contributed by atoms with E-state index in [1.165, 1.54) is 7.11 Å². The van der Waals surface area contributed by atoms with Gasteiger partial charge in [0.1, 0.15) is 12.2 Å². The number of aryl methyl sites for hydroxylation is 2. The summed E-state index contributed by atoms with van der Waals surface area (Å²) in [5, 5.41) is 4.57. The molecule has 0 aliphatic rings. The van der Waals surface area contributed by atoms with E-state index in [1.54, 1.807) is 4.68 Å². The molecule has 0 spiro atoms. The predicted molar refractivity (Wildman–Crippen MR) is 92.4 cm³/mol. The minimum absolute atomic E-state index is 0.0611. The Balaban J connectivity index is 2.08. The van der Waals surface area contributed by atoms with Gasteiger partial charge >= 0.3 is 5.97 Å². The average molecular weight is 321 g/mol. The molecular formula is C19H19N3O2. The number of nitrogens with zero attached hydrogens (tertiary/aromatic N) is 3. The second-order valence-corrected chi connectivity index (χ2v) is 5.67. The van der Waals surface area contributed by atoms with Crippen LogP contribution in [0, 0.1) is 13.8 Å². The highest BCUT2D eigenvalue weighted by atomic mass is 16.5. The van der Waals surface area contributed by atoms with Gasteiger partial charge in [0, 0.05) is 6.20 Å². The maximum atomic E-state index is 11.7. The van der Waals surface area contributed by atoms with Crippen molar-refractivity contribution in [3.05, 3.63) is 59.8 Å². The lowest BCUT2D eigenvalue weighted by Crippen LogP contribution is -2.13. The number of carbonyl (C=O) groups is 1. The fourth-order valence-corrected chi connectivity index (χ4v) is 2.46. The fourth-order valence-electron chi connectivity index (χ4n) is 2.46. The van der Waals surface area contributed by atoms with Crippen LogP contribution in [0.3, 0.4) is 0 Å². The molecule has 0 saturated heterocycles. The van der Waals surface area contributed by atoms with E-state index >= 15 is 0 Å². The van der Waals surface area contributed by atoms with Gasteiger partial charge in [0.15, 0.2) is 0 Å². The van der Waals surface area contributed by atoms with Crippen molar-refractivity contribution in [3.63, 3.8) is 0 Å². The largest absolute Gasteiger partial charge is 0.468 e. The molecule has 122 valence electrons. The molecule has 0 unspecified atom stereocenters. The number of ether oxygens (including phenoxy) is 1. The van der Waals surface area contributed by atoms with E-state index in [4.69, 9.17) is 4.74 Å². The number of carbonyl (C=O) groups excluding carboxylic acids is 1. The minimum atomic E-state index is -0.338. The minimum Gasteiger partial charge on any atom is -0.468 e. The van der Waals surface area contributed by atoms with Crippen molar-refractivity contribution in [2.45, 2.75) is 20.4 Å². The number of hydrogen-bond donors (Lipinski definition) is 0. The van der Waals surface area contributed by atoms with E-state index in [2.05, 4.69) is 10.1 Å². The summed E-state index contributed by atoms with van der Waals surface area (Å²) in [5.41, 5.74) is 5.67. The first kappa shape index (κ1) is 15.9. The maximum Gasteiger partial charge on any atom is 0.327 e. The molecule has 3 rings (SSSR count). The summed E-state index contributed by atoms with van der Waals surface area (Å²) in [6.45, 7) is 4.13. The summed E-state index contributed by atoms with van der Waals surface area (Å²) in [4.78, 5) is 16.2. The molecule has 0 amide bonds. The van der Waals surface area contributed by atoms with Gasteiger partial charge in [-0.05, 0) is 42.7 Å². The molecule has 3 aromatic rings. The van der Waals surface area contributed by atoms with Crippen molar-refractivity contribution in [1.82, 2.24) is 14.8 Å². The van der Waals surface area contributed by atoms with Crippen LogP contribution in [0.4, 0.5) is 0 Å². The number of hydrogen-bond acceptors (Lipinski definition) is 4. The Bertz CT molecular complexity index is 870. The SMILES string of the molecule is COC(=O)Cn1nc(-c2cc(C)c(C)cn2)cc1-c1ccccc1. The molecule has 0 N–H and O–H groups in total. The third-order valence-electron chi connectivity index (χ3n) is 3.99. The van der Waals surface area contributed by atoms with Gasteiger partial charge in [-0.3, -0.25) is 14.5 Å². The monoisotopic (exact) mass is 321 g/mol. The Morgan fingerprint density at radius 2 is 1.83 bits per heavy atom. The summed E-state index contributed by atoms with van der Waals surface area (Å²) < 4.78 is 6.44. The van der Waals surface area contributed by atoms with Crippen LogP contribution in [-0.4, -0.2) is 27.8 Å². The molecule has 0 aliphatic carbocycles. The molecule has 1 aromatic carbocycles. The lowest BCUT2D eigenvalue weighted by Gasteiger charge is -2.05. The van der Waals surface area contributed by atoms with Crippen LogP contribution >= 0.6 is 0 Å². The summed E-state index contributed by atoms with van der Waals surface area (Å²) in [7, 11) is 1.37. The molecule has 5 heteroatoms. The smallest absolute Gasteiger partial charge is 0.327 e. The highest BCUT2D eigenvalue weighted by Crippen LogP contribution is 2.26. The molecule has 0 fully saturated rings. The van der Waals surface area contributed by atoms with Crippen LogP contribution in [0.15, 0.2) is 48.7 Å². The van der Waals surface area contributed by atoms with Crippen molar-refractivity contribution in [2.75, 3.05) is 7.11 Å². The number of rotatable bonds is 4. The Morgan fingerprint density at radius 1 is 1.08 bits per heavy atom. The van der Waals surface area contributed by atoms with Gasteiger partial charge in [0.25, 0.3) is 0 Å². The third kappa shape index (κ3) is 3.20. The predicted octanol–water partition coefficient (Wildman–Crippen LogP) is 3.40. The molecule has 0 atom stereocenters. The van der Waals surface area contributed by atoms with Crippen LogP contribution in [0.2, 0.25) is 0 Å². The Kier molecular flexibility index (Phi) is 4.42. The Hall–Kier alpha value is -2.95. The fraction of sp³-hybridized carbons (Fsp3) is 0.211. The standard InChI is InChI=1S/C19H19N3O2/c1-13-9-16(20-11-14(13)2)17-10-18(15-7-5-4-6-8-15)22(21-17)12-19(23)24-3/h4-11H,12H2,1-3H3. The second-order valence-electron chi connectivity index (χ2n) is 5.67.